The predicted molar refractivity (Wildman–Crippen MR) is 58.7 cm³/mol. The summed E-state index contributed by atoms with van der Waals surface area (Å²) in [4.78, 5) is 0. The zero-order valence-electron chi connectivity index (χ0n) is 8.11. The maximum atomic E-state index is 5.89. The van der Waals surface area contributed by atoms with E-state index in [0.717, 1.165) is 21.9 Å². The second kappa shape index (κ2) is 4.47. The van der Waals surface area contributed by atoms with Crippen LogP contribution in [0.15, 0.2) is 35.0 Å². The van der Waals surface area contributed by atoms with Crippen LogP contribution >= 0.6 is 11.6 Å². The van der Waals surface area contributed by atoms with Gasteiger partial charge in [-0.3, -0.25) is 0 Å². The molecule has 2 N–H and O–H groups in total. The van der Waals surface area contributed by atoms with E-state index in [4.69, 9.17) is 21.9 Å². The van der Waals surface area contributed by atoms with Crippen LogP contribution in [0.25, 0.3) is 0 Å². The number of aromatic nitrogens is 1. The molecule has 1 heterocycles. The first-order valence-corrected chi connectivity index (χ1v) is 5.04. The molecule has 0 atom stereocenters. The topological polar surface area (TPSA) is 52.0 Å². The Morgan fingerprint density at radius 1 is 1.40 bits per heavy atom. The van der Waals surface area contributed by atoms with Gasteiger partial charge in [-0.05, 0) is 17.7 Å². The van der Waals surface area contributed by atoms with Crippen LogP contribution in [0, 0.1) is 0 Å². The molecule has 1 aromatic heterocycles. The van der Waals surface area contributed by atoms with E-state index >= 15 is 0 Å². The first-order chi connectivity index (χ1) is 7.29. The summed E-state index contributed by atoms with van der Waals surface area (Å²) in [5, 5.41) is 4.45. The molecule has 0 bridgehead atoms. The quantitative estimate of drug-likeness (QED) is 0.868. The molecular formula is C11H11ClN2O. The van der Waals surface area contributed by atoms with Gasteiger partial charge in [0.25, 0.3) is 0 Å². The number of hydrogen-bond acceptors (Lipinski definition) is 3. The van der Waals surface area contributed by atoms with E-state index < -0.39 is 0 Å². The number of nitrogens with zero attached hydrogens (tertiary/aromatic N) is 1. The lowest BCUT2D eigenvalue weighted by Gasteiger charge is -2.00. The van der Waals surface area contributed by atoms with Gasteiger partial charge in [-0.15, -0.1) is 0 Å². The summed E-state index contributed by atoms with van der Waals surface area (Å²) in [5.74, 6) is 0.805. The monoisotopic (exact) mass is 222 g/mol. The lowest BCUT2D eigenvalue weighted by Crippen LogP contribution is -1.98. The SMILES string of the molecule is NCc1cnoc1Cc1cccc(Cl)c1. The zero-order valence-corrected chi connectivity index (χ0v) is 8.87. The number of benzene rings is 1. The maximum Gasteiger partial charge on any atom is 0.145 e. The van der Waals surface area contributed by atoms with E-state index in [-0.39, 0.29) is 0 Å². The van der Waals surface area contributed by atoms with Crippen LogP contribution in [-0.2, 0) is 13.0 Å². The summed E-state index contributed by atoms with van der Waals surface area (Å²) in [6.45, 7) is 0.444. The average Bonchev–Trinajstić information content (AvgIpc) is 2.65. The highest BCUT2D eigenvalue weighted by Gasteiger charge is 2.07. The third-order valence-electron chi connectivity index (χ3n) is 2.20. The van der Waals surface area contributed by atoms with Gasteiger partial charge in [-0.1, -0.05) is 28.9 Å². The van der Waals surface area contributed by atoms with Crippen LogP contribution in [0.4, 0.5) is 0 Å². The van der Waals surface area contributed by atoms with Gasteiger partial charge in [0.1, 0.15) is 5.76 Å². The van der Waals surface area contributed by atoms with Crippen LogP contribution < -0.4 is 5.73 Å². The van der Waals surface area contributed by atoms with Gasteiger partial charge in [0.2, 0.25) is 0 Å². The van der Waals surface area contributed by atoms with Crippen molar-refractivity contribution in [3.63, 3.8) is 0 Å². The van der Waals surface area contributed by atoms with Crippen molar-refractivity contribution in [2.24, 2.45) is 5.73 Å². The summed E-state index contributed by atoms with van der Waals surface area (Å²) < 4.78 is 5.13. The smallest absolute Gasteiger partial charge is 0.145 e. The molecule has 1 aromatic carbocycles. The Labute approximate surface area is 92.8 Å². The van der Waals surface area contributed by atoms with Crippen molar-refractivity contribution in [2.75, 3.05) is 0 Å². The summed E-state index contributed by atoms with van der Waals surface area (Å²) in [5.41, 5.74) is 7.58. The third kappa shape index (κ3) is 2.37. The van der Waals surface area contributed by atoms with Gasteiger partial charge in [-0.2, -0.15) is 0 Å². The van der Waals surface area contributed by atoms with Crippen molar-refractivity contribution in [3.05, 3.63) is 52.4 Å². The summed E-state index contributed by atoms with van der Waals surface area (Å²) >= 11 is 5.89. The lowest BCUT2D eigenvalue weighted by molar-refractivity contribution is 0.388. The molecule has 4 heteroatoms. The Hall–Kier alpha value is -1.32. The predicted octanol–water partition coefficient (Wildman–Crippen LogP) is 2.38. The molecule has 0 aliphatic rings. The molecule has 0 fully saturated rings. The zero-order chi connectivity index (χ0) is 10.7. The minimum absolute atomic E-state index is 0.444. The second-order valence-corrected chi connectivity index (χ2v) is 3.72. The molecule has 0 saturated carbocycles. The molecule has 0 spiro atoms. The van der Waals surface area contributed by atoms with Crippen molar-refractivity contribution < 1.29 is 4.52 Å². The number of rotatable bonds is 3. The fraction of sp³-hybridized carbons (Fsp3) is 0.182. The molecule has 3 nitrogen and oxygen atoms in total. The largest absolute Gasteiger partial charge is 0.361 e. The fourth-order valence-corrected chi connectivity index (χ4v) is 1.64. The molecule has 0 aliphatic heterocycles. The van der Waals surface area contributed by atoms with E-state index in [9.17, 15) is 0 Å². The molecule has 0 saturated heterocycles. The van der Waals surface area contributed by atoms with Crippen LogP contribution in [0.3, 0.4) is 0 Å². The average molecular weight is 223 g/mol. The van der Waals surface area contributed by atoms with Crippen molar-refractivity contribution in [1.29, 1.82) is 0 Å². The summed E-state index contributed by atoms with van der Waals surface area (Å²) in [6.07, 6.45) is 2.33. The maximum absolute atomic E-state index is 5.89. The van der Waals surface area contributed by atoms with Gasteiger partial charge in [0, 0.05) is 23.6 Å². The van der Waals surface area contributed by atoms with Crippen molar-refractivity contribution >= 4 is 11.6 Å². The van der Waals surface area contributed by atoms with E-state index in [1.165, 1.54) is 0 Å². The van der Waals surface area contributed by atoms with Gasteiger partial charge in [0.05, 0.1) is 6.20 Å². The van der Waals surface area contributed by atoms with Crippen LogP contribution in [-0.4, -0.2) is 5.16 Å². The Morgan fingerprint density at radius 3 is 3.00 bits per heavy atom. The lowest BCUT2D eigenvalue weighted by atomic mass is 10.1. The van der Waals surface area contributed by atoms with E-state index in [1.807, 2.05) is 24.3 Å². The number of hydrogen-bond donors (Lipinski definition) is 1. The first kappa shape index (κ1) is 10.2. The molecule has 2 rings (SSSR count). The van der Waals surface area contributed by atoms with Gasteiger partial charge in [-0.25, -0.2) is 0 Å². The molecule has 2 aromatic rings. The van der Waals surface area contributed by atoms with Crippen LogP contribution in [0.1, 0.15) is 16.9 Å². The minimum atomic E-state index is 0.444. The van der Waals surface area contributed by atoms with Crippen LogP contribution in [0.5, 0.6) is 0 Å². The minimum Gasteiger partial charge on any atom is -0.361 e. The van der Waals surface area contributed by atoms with E-state index in [2.05, 4.69) is 5.16 Å². The highest BCUT2D eigenvalue weighted by molar-refractivity contribution is 6.30. The Kier molecular flexibility index (Phi) is 3.04. The second-order valence-electron chi connectivity index (χ2n) is 3.29. The molecule has 0 radical (unpaired) electrons. The highest BCUT2D eigenvalue weighted by atomic mass is 35.5. The number of nitrogens with two attached hydrogens (primary N) is 1. The van der Waals surface area contributed by atoms with E-state index in [1.54, 1.807) is 6.20 Å². The molecular weight excluding hydrogens is 212 g/mol. The first-order valence-electron chi connectivity index (χ1n) is 4.66. The third-order valence-corrected chi connectivity index (χ3v) is 2.44. The standard InChI is InChI=1S/C11H11ClN2O/c12-10-3-1-2-8(4-10)5-11-9(6-13)7-14-15-11/h1-4,7H,5-6,13H2. The summed E-state index contributed by atoms with van der Waals surface area (Å²) in [6, 6.07) is 7.66. The molecule has 0 amide bonds. The van der Waals surface area contributed by atoms with Crippen molar-refractivity contribution in [1.82, 2.24) is 5.16 Å². The highest BCUT2D eigenvalue weighted by Crippen LogP contribution is 2.16. The van der Waals surface area contributed by atoms with Crippen molar-refractivity contribution in [2.45, 2.75) is 13.0 Å². The van der Waals surface area contributed by atoms with E-state index in [0.29, 0.717) is 13.0 Å². The molecule has 78 valence electrons. The fourth-order valence-electron chi connectivity index (χ4n) is 1.43. The summed E-state index contributed by atoms with van der Waals surface area (Å²) in [7, 11) is 0. The molecule has 15 heavy (non-hydrogen) atoms. The number of halogens is 1. The Balaban J connectivity index is 2.22. The van der Waals surface area contributed by atoms with Crippen LogP contribution in [0.2, 0.25) is 5.02 Å². The molecule has 0 aliphatic carbocycles. The van der Waals surface area contributed by atoms with Crippen molar-refractivity contribution in [3.8, 4) is 0 Å². The van der Waals surface area contributed by atoms with Gasteiger partial charge < -0.3 is 10.3 Å². The Bertz CT molecular complexity index is 453. The molecule has 0 unspecified atom stereocenters. The van der Waals surface area contributed by atoms with Gasteiger partial charge in [0.15, 0.2) is 0 Å². The van der Waals surface area contributed by atoms with Gasteiger partial charge >= 0.3 is 0 Å². The Morgan fingerprint density at radius 2 is 2.27 bits per heavy atom. The normalized spacial score (nSPS) is 10.5.